The lowest BCUT2D eigenvalue weighted by molar-refractivity contribution is 1.11. The Labute approximate surface area is 83.1 Å². The summed E-state index contributed by atoms with van der Waals surface area (Å²) in [6.45, 7) is 3.55. The van der Waals surface area contributed by atoms with E-state index < -0.39 is 15.8 Å². The Kier molecular flexibility index (Phi) is 5.68. The first-order valence-corrected chi connectivity index (χ1v) is 9.55. The minimum Gasteiger partial charge on any atom is -0.231 e. The highest BCUT2D eigenvalue weighted by Crippen LogP contribution is 2.25. The fraction of sp³-hybridized carbons (Fsp3) is 0.333. The van der Waals surface area contributed by atoms with Gasteiger partial charge < -0.3 is 0 Å². The highest BCUT2D eigenvalue weighted by Gasteiger charge is 2.32. The van der Waals surface area contributed by atoms with Crippen LogP contribution in [0.2, 0.25) is 6.04 Å². The smallest absolute Gasteiger partial charge is 0.231 e. The van der Waals surface area contributed by atoms with Gasteiger partial charge >= 0.3 is 6.16 Å². The molecule has 0 spiro atoms. The van der Waals surface area contributed by atoms with Gasteiger partial charge in [-0.1, -0.05) is 6.08 Å². The van der Waals surface area contributed by atoms with Crippen molar-refractivity contribution in [1.29, 1.82) is 0 Å². The van der Waals surface area contributed by atoms with Crippen molar-refractivity contribution in [2.24, 2.45) is 0 Å². The van der Waals surface area contributed by atoms with Gasteiger partial charge in [-0.3, -0.25) is 0 Å². The number of allylic oxidation sites excluding steroid dienone is 1. The maximum atomic E-state index is 5.65. The van der Waals surface area contributed by atoms with Crippen LogP contribution in [-0.4, -0.2) is 19.6 Å². The van der Waals surface area contributed by atoms with Crippen molar-refractivity contribution >= 4 is 60.9 Å². The Morgan fingerprint density at radius 2 is 2.00 bits per heavy atom. The molecule has 0 aromatic carbocycles. The molecule has 0 fully saturated rings. The molecule has 0 aromatic rings. The van der Waals surface area contributed by atoms with E-state index in [9.17, 15) is 0 Å². The van der Waals surface area contributed by atoms with Gasteiger partial charge in [-0.05, 0) is 17.8 Å². The molecular weight excluding hydrogens is 248 g/mol. The van der Waals surface area contributed by atoms with Crippen molar-refractivity contribution in [1.82, 2.24) is 3.75 Å². The van der Waals surface area contributed by atoms with Gasteiger partial charge in [-0.15, -0.1) is 39.8 Å². The Morgan fingerprint density at radius 3 is 2.30 bits per heavy atom. The van der Waals surface area contributed by atoms with Crippen LogP contribution >= 0.6 is 45.0 Å². The zero-order valence-electron chi connectivity index (χ0n) is 5.16. The Bertz CT molecular complexity index is 114. The summed E-state index contributed by atoms with van der Waals surface area (Å²) >= 11 is 22.4. The van der Waals surface area contributed by atoms with Gasteiger partial charge in [-0.25, -0.2) is 3.75 Å². The van der Waals surface area contributed by atoms with E-state index in [1.54, 1.807) is 6.08 Å². The Balaban J connectivity index is 3.61. The van der Waals surface area contributed by atoms with E-state index >= 15 is 0 Å². The summed E-state index contributed by atoms with van der Waals surface area (Å²) in [6.07, 6.45) is -0.984. The molecule has 0 unspecified atom stereocenters. The molecule has 0 radical (unpaired) electrons. The largest absolute Gasteiger partial charge is 0.431 e. The minimum absolute atomic E-state index is 0.622. The normalized spacial score (nSPS) is 13.3. The molecule has 0 saturated carbocycles. The highest BCUT2D eigenvalue weighted by atomic mass is 35.8. The van der Waals surface area contributed by atoms with E-state index in [1.165, 1.54) is 3.75 Å². The Morgan fingerprint density at radius 1 is 1.50 bits per heavy atom. The van der Waals surface area contributed by atoms with Crippen LogP contribution in [0.25, 0.3) is 0 Å². The monoisotopic (exact) mass is 253 g/mol. The predicted octanol–water partition coefficient (Wildman–Crippen LogP) is 2.28. The second-order valence-corrected chi connectivity index (χ2v) is 13.2. The molecule has 1 nitrogen and oxygen atoms in total. The molecule has 0 aliphatic rings. The lowest BCUT2D eigenvalue weighted by atomic mass is 10.8. The molecule has 0 bridgehead atoms. The first kappa shape index (κ1) is 11.3. The standard InChI is InChI=1S/C3H7Cl4NSi2/c1-2-3-9-8(4)10(5,6)7/h2H,1,3,9H2. The minimum atomic E-state index is -2.77. The van der Waals surface area contributed by atoms with Gasteiger partial charge in [-0.2, -0.15) is 0 Å². The van der Waals surface area contributed by atoms with E-state index in [-0.39, 0.29) is 0 Å². The van der Waals surface area contributed by atoms with Crippen molar-refractivity contribution in [3.63, 3.8) is 0 Å². The van der Waals surface area contributed by atoms with Crippen molar-refractivity contribution < 1.29 is 0 Å². The fourth-order valence-corrected chi connectivity index (χ4v) is 4.72. The molecule has 0 aliphatic carbocycles. The predicted molar refractivity (Wildman–Crippen MR) is 54.6 cm³/mol. The van der Waals surface area contributed by atoms with Gasteiger partial charge in [0.2, 0.25) is 0 Å². The molecule has 0 atom stereocenters. The van der Waals surface area contributed by atoms with Gasteiger partial charge in [0.15, 0.2) is 0 Å². The van der Waals surface area contributed by atoms with E-state index in [4.69, 9.17) is 45.0 Å². The van der Waals surface area contributed by atoms with E-state index in [0.29, 0.717) is 0 Å². The van der Waals surface area contributed by atoms with E-state index in [2.05, 4.69) is 6.58 Å². The van der Waals surface area contributed by atoms with Gasteiger partial charge in [0, 0.05) is 0 Å². The molecule has 0 rings (SSSR count). The maximum Gasteiger partial charge on any atom is 0.431 e. The first-order valence-electron chi connectivity index (χ1n) is 2.59. The number of nitrogens with zero attached hydrogens (tertiary/aromatic N) is 1. The van der Waals surface area contributed by atoms with Gasteiger partial charge in [0.05, 0.1) is 0 Å². The molecular formula is C3H7Cl4NSi2. The van der Waals surface area contributed by atoms with Crippen molar-refractivity contribution in [2.75, 3.05) is 0 Å². The molecule has 0 heterocycles. The maximum absolute atomic E-state index is 5.65. The van der Waals surface area contributed by atoms with Crippen molar-refractivity contribution in [2.45, 2.75) is 6.04 Å². The first-order chi connectivity index (χ1) is 4.48. The average Bonchev–Trinajstić information content (AvgIpc) is 1.80. The molecule has 0 N–H and O–H groups in total. The third kappa shape index (κ3) is 5.01. The lowest BCUT2D eigenvalue weighted by Gasteiger charge is -2.17. The van der Waals surface area contributed by atoms with Crippen LogP contribution in [0.3, 0.4) is 0 Å². The van der Waals surface area contributed by atoms with E-state index in [0.717, 1.165) is 6.04 Å². The molecule has 0 aromatic heterocycles. The third-order valence-electron chi connectivity index (χ3n) is 0.805. The van der Waals surface area contributed by atoms with Crippen LogP contribution in [0.1, 0.15) is 0 Å². The summed E-state index contributed by atoms with van der Waals surface area (Å²) in [4.78, 5) is 0. The summed E-state index contributed by atoms with van der Waals surface area (Å²) in [6, 6.07) is 0.865. The number of hydrogen-bond acceptors (Lipinski definition) is 1. The molecule has 0 aliphatic heterocycles. The summed E-state index contributed by atoms with van der Waals surface area (Å²) in [7, 11) is -0.622. The van der Waals surface area contributed by atoms with Gasteiger partial charge in [0.25, 0.3) is 0 Å². The number of halogens is 4. The summed E-state index contributed by atoms with van der Waals surface area (Å²) in [5, 5.41) is 0. The zero-order chi connectivity index (χ0) is 8.20. The zero-order valence-corrected chi connectivity index (χ0v) is 10.6. The van der Waals surface area contributed by atoms with Crippen LogP contribution in [0.5, 0.6) is 0 Å². The molecule has 10 heavy (non-hydrogen) atoms. The molecule has 60 valence electrons. The van der Waals surface area contributed by atoms with Crippen LogP contribution in [0, 0.1) is 0 Å². The van der Waals surface area contributed by atoms with Crippen LogP contribution in [0.4, 0.5) is 0 Å². The Hall–Kier alpha value is 1.29. The SMILES string of the molecule is C=CC[SiH2]N(Cl)[Si](Cl)(Cl)Cl. The highest BCUT2D eigenvalue weighted by molar-refractivity contribution is 7.65. The molecule has 0 saturated heterocycles. The second kappa shape index (κ2) is 5.03. The number of hydrogen-bond donors (Lipinski definition) is 0. The third-order valence-corrected chi connectivity index (χ3v) is 10.2. The van der Waals surface area contributed by atoms with Gasteiger partial charge in [0.1, 0.15) is 9.68 Å². The molecule has 7 heteroatoms. The van der Waals surface area contributed by atoms with Crippen molar-refractivity contribution in [3.8, 4) is 0 Å². The average molecular weight is 255 g/mol. The summed E-state index contributed by atoms with van der Waals surface area (Å²) in [5.74, 6) is 0. The quantitative estimate of drug-likeness (QED) is 0.322. The van der Waals surface area contributed by atoms with E-state index in [1.807, 2.05) is 0 Å². The summed E-state index contributed by atoms with van der Waals surface area (Å²) < 4.78 is 1.37. The second-order valence-electron chi connectivity index (χ2n) is 1.63. The van der Waals surface area contributed by atoms with Crippen LogP contribution in [0.15, 0.2) is 12.7 Å². The van der Waals surface area contributed by atoms with Crippen LogP contribution in [-0.2, 0) is 0 Å². The fourth-order valence-electron chi connectivity index (χ4n) is 0.331. The number of rotatable bonds is 4. The van der Waals surface area contributed by atoms with Crippen molar-refractivity contribution in [3.05, 3.63) is 12.7 Å². The lowest BCUT2D eigenvalue weighted by Crippen LogP contribution is -2.34. The summed E-state index contributed by atoms with van der Waals surface area (Å²) in [5.41, 5.74) is 0. The van der Waals surface area contributed by atoms with Crippen LogP contribution < -0.4 is 0 Å². The topological polar surface area (TPSA) is 3.24 Å². The molecule has 0 amide bonds.